The first-order valence-electron chi connectivity index (χ1n) is 10.0. The van der Waals surface area contributed by atoms with Crippen LogP contribution in [0.2, 0.25) is 0 Å². The summed E-state index contributed by atoms with van der Waals surface area (Å²) in [5, 5.41) is 10.8. The number of fused-ring (bicyclic) bond motifs is 2. The van der Waals surface area contributed by atoms with E-state index in [4.69, 9.17) is 4.74 Å². The number of hydrogen-bond acceptors (Lipinski definition) is 5. The normalized spacial score (nSPS) is 11.0. The zero-order valence-electron chi connectivity index (χ0n) is 17.2. The molecule has 2 aromatic heterocycles. The van der Waals surface area contributed by atoms with Gasteiger partial charge in [-0.1, -0.05) is 36.4 Å². The van der Waals surface area contributed by atoms with E-state index in [1.54, 1.807) is 19.2 Å². The highest BCUT2D eigenvalue weighted by molar-refractivity contribution is 5.96. The number of amides is 1. The predicted octanol–water partition coefficient (Wildman–Crippen LogP) is 3.59. The molecular weight excluding hydrogens is 406 g/mol. The van der Waals surface area contributed by atoms with E-state index in [2.05, 4.69) is 20.5 Å². The molecule has 5 rings (SSSR count). The van der Waals surface area contributed by atoms with Gasteiger partial charge in [0, 0.05) is 10.8 Å². The molecule has 0 aliphatic heterocycles. The van der Waals surface area contributed by atoms with Crippen LogP contribution in [0.25, 0.3) is 33.2 Å². The summed E-state index contributed by atoms with van der Waals surface area (Å²) < 4.78 is 7.19. The quantitative estimate of drug-likeness (QED) is 0.419. The largest absolute Gasteiger partial charge is 0.496 e. The van der Waals surface area contributed by atoms with Gasteiger partial charge in [0.25, 0.3) is 0 Å². The van der Waals surface area contributed by atoms with Gasteiger partial charge < -0.3 is 9.30 Å². The molecule has 5 aromatic rings. The van der Waals surface area contributed by atoms with Crippen LogP contribution in [-0.2, 0) is 11.3 Å². The van der Waals surface area contributed by atoms with Crippen molar-refractivity contribution in [3.63, 3.8) is 0 Å². The summed E-state index contributed by atoms with van der Waals surface area (Å²) in [7, 11) is 1.58. The van der Waals surface area contributed by atoms with Gasteiger partial charge in [0.05, 0.1) is 23.7 Å². The van der Waals surface area contributed by atoms with Crippen molar-refractivity contribution in [3.05, 3.63) is 83.0 Å². The number of hydrogen-bond donors (Lipinski definition) is 2. The third-order valence-electron chi connectivity index (χ3n) is 5.28. The van der Waals surface area contributed by atoms with Crippen LogP contribution in [0, 0.1) is 0 Å². The fraction of sp³-hybridized carbons (Fsp3) is 0.0833. The summed E-state index contributed by atoms with van der Waals surface area (Å²) in [6.45, 7) is -0.000161. The number of para-hydroxylation sites is 3. The van der Waals surface area contributed by atoms with Gasteiger partial charge in [-0.05, 0) is 36.4 Å². The maximum absolute atomic E-state index is 12.9. The number of benzene rings is 3. The number of nitrogens with one attached hydrogen (secondary N) is 2. The van der Waals surface area contributed by atoms with Crippen molar-refractivity contribution in [1.82, 2.24) is 19.7 Å². The van der Waals surface area contributed by atoms with Crippen molar-refractivity contribution >= 4 is 33.7 Å². The second kappa shape index (κ2) is 7.99. The second-order valence-corrected chi connectivity index (χ2v) is 7.21. The highest BCUT2D eigenvalue weighted by Gasteiger charge is 2.15. The van der Waals surface area contributed by atoms with Crippen LogP contribution in [-0.4, -0.2) is 32.8 Å². The summed E-state index contributed by atoms with van der Waals surface area (Å²) >= 11 is 0. The van der Waals surface area contributed by atoms with Crippen LogP contribution in [0.5, 0.6) is 5.75 Å². The van der Waals surface area contributed by atoms with Gasteiger partial charge in [-0.25, -0.2) is 0 Å². The lowest BCUT2D eigenvalue weighted by Gasteiger charge is -2.14. The molecule has 3 aromatic carbocycles. The van der Waals surface area contributed by atoms with E-state index < -0.39 is 0 Å². The van der Waals surface area contributed by atoms with E-state index in [0.717, 1.165) is 5.56 Å². The molecule has 2 heterocycles. The molecule has 1 amide bonds. The smallest absolute Gasteiger partial charge is 0.249 e. The number of nitrogens with zero attached hydrogens (tertiary/aromatic N) is 3. The molecule has 0 saturated heterocycles. The Morgan fingerprint density at radius 2 is 1.59 bits per heavy atom. The first-order chi connectivity index (χ1) is 15.7. The summed E-state index contributed by atoms with van der Waals surface area (Å²) in [6.07, 6.45) is 0. The zero-order chi connectivity index (χ0) is 22.1. The number of anilines is 1. The molecule has 0 bridgehead atoms. The molecule has 0 saturated carbocycles. The number of carbonyl (C=O) groups is 1. The van der Waals surface area contributed by atoms with Gasteiger partial charge >= 0.3 is 0 Å². The highest BCUT2D eigenvalue weighted by Crippen LogP contribution is 2.27. The molecule has 8 nitrogen and oxygen atoms in total. The van der Waals surface area contributed by atoms with Gasteiger partial charge in [0.15, 0.2) is 11.3 Å². The SMILES string of the molecule is COc1ccccc1-c1nc(NC(=O)Cn2c3ccccc3c(=O)c3ccccc32)n[nH]1. The molecule has 0 fully saturated rings. The molecule has 0 radical (unpaired) electrons. The first kappa shape index (κ1) is 19.5. The Hall–Kier alpha value is -4.46. The van der Waals surface area contributed by atoms with Crippen molar-refractivity contribution in [2.24, 2.45) is 0 Å². The minimum absolute atomic E-state index is 0.000161. The summed E-state index contributed by atoms with van der Waals surface area (Å²) in [5.41, 5.74) is 2.07. The zero-order valence-corrected chi connectivity index (χ0v) is 17.2. The Morgan fingerprint density at radius 3 is 2.28 bits per heavy atom. The molecule has 0 aliphatic carbocycles. The van der Waals surface area contributed by atoms with Crippen LogP contribution in [0.4, 0.5) is 5.95 Å². The van der Waals surface area contributed by atoms with E-state index in [1.807, 2.05) is 65.2 Å². The fourth-order valence-electron chi connectivity index (χ4n) is 3.83. The lowest BCUT2D eigenvalue weighted by Crippen LogP contribution is -2.22. The fourth-order valence-corrected chi connectivity index (χ4v) is 3.83. The number of aromatic nitrogens is 4. The molecule has 32 heavy (non-hydrogen) atoms. The minimum atomic E-state index is -0.311. The van der Waals surface area contributed by atoms with E-state index in [9.17, 15) is 9.59 Å². The van der Waals surface area contributed by atoms with E-state index in [-0.39, 0.29) is 23.8 Å². The molecular formula is C24H19N5O3. The lowest BCUT2D eigenvalue weighted by molar-refractivity contribution is -0.116. The Bertz CT molecular complexity index is 1460. The number of pyridine rings is 1. The molecule has 8 heteroatoms. The Morgan fingerprint density at radius 1 is 0.969 bits per heavy atom. The summed E-state index contributed by atoms with van der Waals surface area (Å²) in [6, 6.07) is 21.9. The maximum Gasteiger partial charge on any atom is 0.249 e. The molecule has 0 aliphatic rings. The Balaban J connectivity index is 1.47. The van der Waals surface area contributed by atoms with Gasteiger partial charge in [0.2, 0.25) is 11.9 Å². The highest BCUT2D eigenvalue weighted by atomic mass is 16.5. The molecule has 0 atom stereocenters. The van der Waals surface area contributed by atoms with Gasteiger partial charge in [0.1, 0.15) is 12.3 Å². The predicted molar refractivity (Wildman–Crippen MR) is 123 cm³/mol. The molecule has 2 N–H and O–H groups in total. The number of aromatic amines is 1. The Labute approximate surface area is 182 Å². The lowest BCUT2D eigenvalue weighted by atomic mass is 10.1. The topological polar surface area (TPSA) is 102 Å². The number of ether oxygens (including phenoxy) is 1. The van der Waals surface area contributed by atoms with Crippen LogP contribution < -0.4 is 15.5 Å². The number of carbonyl (C=O) groups excluding carboxylic acids is 1. The average Bonchev–Trinajstić information content (AvgIpc) is 3.30. The molecule has 158 valence electrons. The average molecular weight is 425 g/mol. The third kappa shape index (κ3) is 3.37. The van der Waals surface area contributed by atoms with E-state index in [1.165, 1.54) is 0 Å². The van der Waals surface area contributed by atoms with Crippen molar-refractivity contribution in [1.29, 1.82) is 0 Å². The van der Waals surface area contributed by atoms with Crippen molar-refractivity contribution < 1.29 is 9.53 Å². The summed E-state index contributed by atoms with van der Waals surface area (Å²) in [5.74, 6) is 0.977. The second-order valence-electron chi connectivity index (χ2n) is 7.21. The minimum Gasteiger partial charge on any atom is -0.496 e. The molecule has 0 unspecified atom stereocenters. The van der Waals surface area contributed by atoms with Crippen molar-refractivity contribution in [3.8, 4) is 17.1 Å². The van der Waals surface area contributed by atoms with Crippen LogP contribution in [0.1, 0.15) is 0 Å². The molecule has 0 spiro atoms. The van der Waals surface area contributed by atoms with Gasteiger partial charge in [-0.2, -0.15) is 4.98 Å². The summed E-state index contributed by atoms with van der Waals surface area (Å²) in [4.78, 5) is 30.1. The van der Waals surface area contributed by atoms with Gasteiger partial charge in [-0.3, -0.25) is 20.0 Å². The third-order valence-corrected chi connectivity index (χ3v) is 5.28. The van der Waals surface area contributed by atoms with Crippen LogP contribution in [0.3, 0.4) is 0 Å². The van der Waals surface area contributed by atoms with Crippen LogP contribution >= 0.6 is 0 Å². The Kier molecular flexibility index (Phi) is 4.87. The number of rotatable bonds is 5. The van der Waals surface area contributed by atoms with E-state index >= 15 is 0 Å². The standard InChI is InChI=1S/C24H19N5O3/c1-32-20-13-7-4-10-17(20)23-26-24(28-27-23)25-21(30)14-29-18-11-5-2-8-15(18)22(31)16-9-3-6-12-19(16)29/h2-13H,14H2,1H3,(H2,25,26,27,28,30). The van der Waals surface area contributed by atoms with Crippen LogP contribution in [0.15, 0.2) is 77.6 Å². The number of methoxy groups -OCH3 is 1. The van der Waals surface area contributed by atoms with Crippen molar-refractivity contribution in [2.75, 3.05) is 12.4 Å². The monoisotopic (exact) mass is 425 g/mol. The van der Waals surface area contributed by atoms with Gasteiger partial charge in [-0.15, -0.1) is 5.10 Å². The van der Waals surface area contributed by atoms with E-state index in [0.29, 0.717) is 33.4 Å². The first-order valence-corrected chi connectivity index (χ1v) is 10.0. The number of H-pyrrole nitrogens is 1. The maximum atomic E-state index is 12.9. The van der Waals surface area contributed by atoms with Crippen molar-refractivity contribution in [2.45, 2.75) is 6.54 Å².